The van der Waals surface area contributed by atoms with Crippen molar-refractivity contribution in [2.75, 3.05) is 13.1 Å². The quantitative estimate of drug-likeness (QED) is 0.114. The van der Waals surface area contributed by atoms with Gasteiger partial charge in [0.2, 0.25) is 0 Å². The van der Waals surface area contributed by atoms with Crippen molar-refractivity contribution in [1.82, 2.24) is 5.32 Å². The van der Waals surface area contributed by atoms with Gasteiger partial charge >= 0.3 is 0 Å². The Labute approximate surface area is 257 Å². The van der Waals surface area contributed by atoms with Gasteiger partial charge in [0.25, 0.3) is 5.91 Å². The fourth-order valence-corrected chi connectivity index (χ4v) is 6.42. The van der Waals surface area contributed by atoms with Crippen molar-refractivity contribution in [3.8, 4) is 0 Å². The van der Waals surface area contributed by atoms with Crippen molar-refractivity contribution < 1.29 is 9.59 Å². The molecule has 4 nitrogen and oxygen atoms in total. The minimum absolute atomic E-state index is 0.0520. The summed E-state index contributed by atoms with van der Waals surface area (Å²) < 4.78 is 0. The van der Waals surface area contributed by atoms with E-state index in [2.05, 4.69) is 79.8 Å². The third-order valence-electron chi connectivity index (χ3n) is 8.54. The van der Waals surface area contributed by atoms with Crippen LogP contribution in [0.2, 0.25) is 0 Å². The average Bonchev–Trinajstić information content (AvgIpc) is 3.06. The highest BCUT2D eigenvalue weighted by Gasteiger charge is 2.20. The number of rotatable bonds is 7. The number of amides is 1. The van der Waals surface area contributed by atoms with Crippen LogP contribution in [0, 0.1) is 13.8 Å². The number of nitrogens with one attached hydrogen (secondary N) is 1. The molecule has 44 heavy (non-hydrogen) atoms. The molecule has 0 aliphatic rings. The molecule has 0 spiro atoms. The van der Waals surface area contributed by atoms with E-state index in [9.17, 15) is 9.59 Å². The highest BCUT2D eigenvalue weighted by Crippen LogP contribution is 2.43. The predicted octanol–water partition coefficient (Wildman–Crippen LogP) is 8.33. The van der Waals surface area contributed by atoms with Crippen LogP contribution in [0.1, 0.15) is 43.0 Å². The molecule has 7 aromatic rings. The number of aldehydes is 1. The first-order chi connectivity index (χ1) is 21.5. The van der Waals surface area contributed by atoms with E-state index in [1.165, 1.54) is 11.1 Å². The van der Waals surface area contributed by atoms with Crippen LogP contribution < -0.4 is 11.1 Å². The topological polar surface area (TPSA) is 72.2 Å². The van der Waals surface area contributed by atoms with Gasteiger partial charge in [-0.2, -0.15) is 0 Å². The first kappa shape index (κ1) is 29.0. The second-order valence-corrected chi connectivity index (χ2v) is 11.4. The fraction of sp³-hybridized carbons (Fsp3) is 0.150. The van der Waals surface area contributed by atoms with E-state index >= 15 is 0 Å². The van der Waals surface area contributed by atoms with Crippen molar-refractivity contribution >= 4 is 55.3 Å². The maximum absolute atomic E-state index is 13.3. The summed E-state index contributed by atoms with van der Waals surface area (Å²) in [4.78, 5) is 25.2. The van der Waals surface area contributed by atoms with Crippen molar-refractivity contribution in [2.24, 2.45) is 5.73 Å². The number of carbonyl (C=O) groups is 2. The van der Waals surface area contributed by atoms with Gasteiger partial charge in [0.05, 0.1) is 0 Å². The fourth-order valence-electron chi connectivity index (χ4n) is 6.42. The van der Waals surface area contributed by atoms with Gasteiger partial charge in [0.15, 0.2) is 6.29 Å². The summed E-state index contributed by atoms with van der Waals surface area (Å²) in [5, 5.41) is 11.8. The van der Waals surface area contributed by atoms with Crippen LogP contribution in [0.3, 0.4) is 0 Å². The Balaban J connectivity index is 0.000000329. The molecule has 0 fully saturated rings. The molecule has 7 aromatic carbocycles. The molecule has 0 bridgehead atoms. The lowest BCUT2D eigenvalue weighted by molar-refractivity contribution is 0.0955. The van der Waals surface area contributed by atoms with Crippen LogP contribution in [0.25, 0.3) is 43.1 Å². The number of hydrogen-bond donors (Lipinski definition) is 2. The third-order valence-corrected chi connectivity index (χ3v) is 8.54. The monoisotopic (exact) mass is 576 g/mol. The molecule has 0 saturated carbocycles. The zero-order valence-corrected chi connectivity index (χ0v) is 25.2. The van der Waals surface area contributed by atoms with Gasteiger partial charge < -0.3 is 11.1 Å². The summed E-state index contributed by atoms with van der Waals surface area (Å²) in [5.41, 5.74) is 11.5. The summed E-state index contributed by atoms with van der Waals surface area (Å²) in [5.74, 6) is -0.0520. The number of fused-ring (bicyclic) bond motifs is 2. The predicted molar refractivity (Wildman–Crippen MR) is 184 cm³/mol. The van der Waals surface area contributed by atoms with E-state index in [1.807, 2.05) is 48.5 Å². The minimum atomic E-state index is -0.0520. The van der Waals surface area contributed by atoms with Gasteiger partial charge in [-0.3, -0.25) is 9.59 Å². The van der Waals surface area contributed by atoms with Crippen LogP contribution in [0.15, 0.2) is 109 Å². The average molecular weight is 577 g/mol. The summed E-state index contributed by atoms with van der Waals surface area (Å²) in [6, 6.07) is 36.9. The number of carbonyl (C=O) groups excluding carboxylic acids is 2. The molecule has 0 aromatic heterocycles. The number of aryl methyl sites for hydroxylation is 2. The normalized spacial score (nSPS) is 11.2. The molecule has 0 aliphatic heterocycles. The maximum Gasteiger partial charge on any atom is 0.251 e. The highest BCUT2D eigenvalue weighted by atomic mass is 16.1. The summed E-state index contributed by atoms with van der Waals surface area (Å²) in [6.07, 6.45) is 2.72. The summed E-state index contributed by atoms with van der Waals surface area (Å²) >= 11 is 0. The zero-order chi connectivity index (χ0) is 30.6. The molecular formula is C40H36N2O2. The van der Waals surface area contributed by atoms with E-state index in [0.717, 1.165) is 79.9 Å². The van der Waals surface area contributed by atoms with E-state index in [1.54, 1.807) is 0 Å². The molecule has 0 radical (unpaired) electrons. The lowest BCUT2D eigenvalue weighted by Gasteiger charge is -2.19. The van der Waals surface area contributed by atoms with Crippen LogP contribution in [-0.4, -0.2) is 25.3 Å². The zero-order valence-electron chi connectivity index (χ0n) is 25.2. The molecule has 0 saturated heterocycles. The smallest absolute Gasteiger partial charge is 0.251 e. The van der Waals surface area contributed by atoms with Gasteiger partial charge in [0, 0.05) is 17.7 Å². The van der Waals surface area contributed by atoms with E-state index in [4.69, 9.17) is 5.73 Å². The Bertz CT molecular complexity index is 2080. The van der Waals surface area contributed by atoms with Crippen molar-refractivity contribution in [3.05, 3.63) is 143 Å². The Hall–Kier alpha value is -5.06. The second kappa shape index (κ2) is 12.7. The van der Waals surface area contributed by atoms with Crippen LogP contribution in [0.5, 0.6) is 0 Å². The molecule has 0 heterocycles. The Kier molecular flexibility index (Phi) is 8.36. The SMILES string of the molecule is Cc1ccc2c3ccc(C(=O)NCCc4ccccc4)c4c(C)ccc(c5ccc(C=O)c1c52)c43.NCCc1ccccc1. The van der Waals surface area contributed by atoms with Gasteiger partial charge in [0.1, 0.15) is 0 Å². The lowest BCUT2D eigenvalue weighted by Crippen LogP contribution is -2.26. The first-order valence-corrected chi connectivity index (χ1v) is 15.2. The van der Waals surface area contributed by atoms with Crippen molar-refractivity contribution in [3.63, 3.8) is 0 Å². The van der Waals surface area contributed by atoms with Crippen LogP contribution >= 0.6 is 0 Å². The highest BCUT2D eigenvalue weighted by molar-refractivity contribution is 6.35. The number of nitrogens with two attached hydrogens (primary N) is 1. The van der Waals surface area contributed by atoms with E-state index < -0.39 is 0 Å². The molecule has 3 N–H and O–H groups in total. The Morgan fingerprint density at radius 1 is 0.614 bits per heavy atom. The molecule has 0 atom stereocenters. The Morgan fingerprint density at radius 3 is 1.68 bits per heavy atom. The van der Waals surface area contributed by atoms with E-state index in [-0.39, 0.29) is 5.91 Å². The molecule has 0 unspecified atom stereocenters. The number of benzene rings is 7. The lowest BCUT2D eigenvalue weighted by atomic mass is 9.85. The standard InChI is InChI=1S/C32H25NO2.C8H11N/c1-19-8-11-23-26-14-15-27(32(35)33-17-16-21-6-4-3-5-7-21)29-20(2)9-12-24(31(26)29)25-13-10-22(18-34)28(19)30(23)25;9-7-6-8-4-2-1-3-5-8/h3-15,18H,16-17H2,1-2H3,(H,33,35);1-5H,6-7,9H2. The van der Waals surface area contributed by atoms with Crippen LogP contribution in [-0.2, 0) is 12.8 Å². The van der Waals surface area contributed by atoms with E-state index in [0.29, 0.717) is 17.7 Å². The molecular weight excluding hydrogens is 540 g/mol. The van der Waals surface area contributed by atoms with Gasteiger partial charge in [-0.15, -0.1) is 0 Å². The molecule has 4 heteroatoms. The Morgan fingerprint density at radius 2 is 1.11 bits per heavy atom. The maximum atomic E-state index is 13.3. The van der Waals surface area contributed by atoms with Crippen LogP contribution in [0.4, 0.5) is 0 Å². The summed E-state index contributed by atoms with van der Waals surface area (Å²) in [6.45, 7) is 5.45. The third kappa shape index (κ3) is 5.41. The van der Waals surface area contributed by atoms with Crippen molar-refractivity contribution in [2.45, 2.75) is 26.7 Å². The molecule has 7 rings (SSSR count). The molecule has 0 aliphatic carbocycles. The van der Waals surface area contributed by atoms with Gasteiger partial charge in [-0.05, 0) is 105 Å². The van der Waals surface area contributed by atoms with Gasteiger partial charge in [-0.25, -0.2) is 0 Å². The second-order valence-electron chi connectivity index (χ2n) is 11.4. The summed E-state index contributed by atoms with van der Waals surface area (Å²) in [7, 11) is 0. The first-order valence-electron chi connectivity index (χ1n) is 15.2. The molecule has 218 valence electrons. The molecule has 1 amide bonds. The van der Waals surface area contributed by atoms with Gasteiger partial charge in [-0.1, -0.05) is 103 Å². The van der Waals surface area contributed by atoms with Crippen molar-refractivity contribution in [1.29, 1.82) is 0 Å². The number of hydrogen-bond acceptors (Lipinski definition) is 3. The largest absolute Gasteiger partial charge is 0.352 e. The minimum Gasteiger partial charge on any atom is -0.352 e.